The van der Waals surface area contributed by atoms with Crippen LogP contribution in [-0.4, -0.2) is 50.4 Å². The van der Waals surface area contributed by atoms with Crippen molar-refractivity contribution in [3.8, 4) is 0 Å². The molecule has 2 unspecified atom stereocenters. The molecule has 1 fully saturated rings. The van der Waals surface area contributed by atoms with Crippen LogP contribution in [0.25, 0.3) is 0 Å². The van der Waals surface area contributed by atoms with Gasteiger partial charge in [-0.1, -0.05) is 9.24 Å². The maximum Gasteiger partial charge on any atom is 0.288 e. The van der Waals surface area contributed by atoms with Crippen molar-refractivity contribution < 1.29 is 23.2 Å². The van der Waals surface area contributed by atoms with E-state index in [0.717, 1.165) is 11.8 Å². The molecule has 0 aromatic rings. The normalized spacial score (nSPS) is 21.1. The molecule has 0 N–H and O–H groups in total. The van der Waals surface area contributed by atoms with Crippen molar-refractivity contribution in [2.24, 2.45) is 0 Å². The van der Waals surface area contributed by atoms with Crippen LogP contribution < -0.4 is 0 Å². The van der Waals surface area contributed by atoms with E-state index in [4.69, 9.17) is 0 Å². The Bertz CT molecular complexity index is 391. The quantitative estimate of drug-likeness (QED) is 0.305. The van der Waals surface area contributed by atoms with E-state index in [1.165, 1.54) is 32.1 Å². The smallest absolute Gasteiger partial charge is 0.288 e. The summed E-state index contributed by atoms with van der Waals surface area (Å²) in [5, 5.41) is 0. The van der Waals surface area contributed by atoms with Crippen LogP contribution in [0.5, 0.6) is 0 Å². The SMILES string of the molecule is CC(=O)N(I)C(C(=O)N1CCC[C@H]1C=O)C(F)(F)P. The van der Waals surface area contributed by atoms with Crippen molar-refractivity contribution in [1.82, 2.24) is 8.01 Å². The summed E-state index contributed by atoms with van der Waals surface area (Å²) >= 11 is 1.39. The summed E-state index contributed by atoms with van der Waals surface area (Å²) < 4.78 is 27.8. The highest BCUT2D eigenvalue weighted by molar-refractivity contribution is 14.1. The Morgan fingerprint density at radius 2 is 2.16 bits per heavy atom. The van der Waals surface area contributed by atoms with Crippen LogP contribution in [0, 0.1) is 0 Å². The van der Waals surface area contributed by atoms with Crippen molar-refractivity contribution in [2.45, 2.75) is 37.5 Å². The third kappa shape index (κ3) is 3.81. The molecule has 0 saturated carbocycles. The molecule has 0 spiro atoms. The van der Waals surface area contributed by atoms with E-state index in [-0.39, 0.29) is 6.54 Å². The number of rotatable bonds is 4. The molecule has 0 bridgehead atoms. The summed E-state index contributed by atoms with van der Waals surface area (Å²) in [5.41, 5.74) is -3.46. The summed E-state index contributed by atoms with van der Waals surface area (Å²) in [6, 6.07) is -2.60. The fourth-order valence-electron chi connectivity index (χ4n) is 1.96. The van der Waals surface area contributed by atoms with Gasteiger partial charge in [-0.05, 0) is 12.8 Å². The van der Waals surface area contributed by atoms with Crippen molar-refractivity contribution in [3.05, 3.63) is 0 Å². The third-order valence-electron chi connectivity index (χ3n) is 2.87. The van der Waals surface area contributed by atoms with Crippen LogP contribution in [0.3, 0.4) is 0 Å². The summed E-state index contributed by atoms with van der Waals surface area (Å²) in [4.78, 5) is 35.4. The highest BCUT2D eigenvalue weighted by atomic mass is 127. The van der Waals surface area contributed by atoms with Crippen molar-refractivity contribution >= 4 is 50.2 Å². The highest BCUT2D eigenvalue weighted by Crippen LogP contribution is 2.34. The molecule has 0 aromatic carbocycles. The van der Waals surface area contributed by atoms with E-state index in [1.807, 2.05) is 0 Å². The highest BCUT2D eigenvalue weighted by Gasteiger charge is 2.48. The summed E-state index contributed by atoms with van der Waals surface area (Å²) in [6.07, 6.45) is 1.63. The minimum atomic E-state index is -3.46. The van der Waals surface area contributed by atoms with E-state index in [9.17, 15) is 23.2 Å². The number of amides is 2. The van der Waals surface area contributed by atoms with Crippen LogP contribution in [-0.2, 0) is 14.4 Å². The number of carbonyl (C=O) groups is 3. The first-order valence-corrected chi connectivity index (χ1v) is 7.12. The molecule has 1 rings (SSSR count). The molecule has 1 saturated heterocycles. The van der Waals surface area contributed by atoms with E-state index >= 15 is 0 Å². The zero-order chi connectivity index (χ0) is 14.8. The van der Waals surface area contributed by atoms with Gasteiger partial charge in [-0.15, -0.1) is 0 Å². The average molecular weight is 406 g/mol. The van der Waals surface area contributed by atoms with E-state index < -0.39 is 29.6 Å². The van der Waals surface area contributed by atoms with E-state index in [2.05, 4.69) is 0 Å². The second-order valence-electron chi connectivity index (χ2n) is 4.28. The van der Waals surface area contributed by atoms with Crippen molar-refractivity contribution in [1.29, 1.82) is 0 Å². The molecule has 3 atom stereocenters. The molecular weight excluding hydrogens is 392 g/mol. The van der Waals surface area contributed by atoms with Gasteiger partial charge in [0.2, 0.25) is 5.91 Å². The van der Waals surface area contributed by atoms with Gasteiger partial charge < -0.3 is 9.69 Å². The summed E-state index contributed by atoms with van der Waals surface area (Å²) in [6.45, 7) is 1.35. The minimum absolute atomic E-state index is 0.252. The second kappa shape index (κ2) is 6.39. The topological polar surface area (TPSA) is 57.7 Å². The second-order valence-corrected chi connectivity index (χ2v) is 6.09. The molecule has 2 amide bonds. The minimum Gasteiger partial charge on any atom is -0.331 e. The number of alkyl halides is 2. The first-order valence-electron chi connectivity index (χ1n) is 5.58. The molecule has 0 aromatic heterocycles. The molecule has 1 aliphatic heterocycles. The van der Waals surface area contributed by atoms with Gasteiger partial charge >= 0.3 is 0 Å². The lowest BCUT2D eigenvalue weighted by atomic mass is 10.2. The van der Waals surface area contributed by atoms with Gasteiger partial charge in [0.25, 0.3) is 11.6 Å². The van der Waals surface area contributed by atoms with E-state index in [0.29, 0.717) is 22.2 Å². The van der Waals surface area contributed by atoms with Crippen LogP contribution in [0.1, 0.15) is 19.8 Å². The maximum absolute atomic E-state index is 13.6. The molecule has 108 valence electrons. The standard InChI is InChI=1S/C10H14F2IN2O3P/c1-6(17)15(13)8(10(11,12)19)9(18)14-4-2-3-7(14)5-16/h5,7-8H,2-4,19H2,1H3/t7-,8?/m0/s1. The van der Waals surface area contributed by atoms with Crippen LogP contribution >= 0.6 is 32.1 Å². The monoisotopic (exact) mass is 406 g/mol. The number of aldehydes is 1. The van der Waals surface area contributed by atoms with E-state index in [1.54, 1.807) is 0 Å². The zero-order valence-electron chi connectivity index (χ0n) is 10.2. The fraction of sp³-hybridized carbons (Fsp3) is 0.700. The number of carbonyl (C=O) groups excluding carboxylic acids is 3. The molecule has 9 heteroatoms. The molecule has 19 heavy (non-hydrogen) atoms. The summed E-state index contributed by atoms with van der Waals surface area (Å²) in [5.74, 6) is -1.55. The number of likely N-dealkylation sites (tertiary alicyclic amines) is 1. The number of hydrogen-bond acceptors (Lipinski definition) is 3. The number of hydrogen-bond donors (Lipinski definition) is 0. The number of halogens is 3. The Morgan fingerprint density at radius 1 is 1.58 bits per heavy atom. The largest absolute Gasteiger partial charge is 0.331 e. The molecule has 5 nitrogen and oxygen atoms in total. The lowest BCUT2D eigenvalue weighted by molar-refractivity contribution is -0.148. The Balaban J connectivity index is 3.01. The third-order valence-corrected chi connectivity index (χ3v) is 4.42. The Kier molecular flexibility index (Phi) is 5.61. The molecular formula is C10H14F2IN2O3P. The Morgan fingerprint density at radius 3 is 2.58 bits per heavy atom. The van der Waals surface area contributed by atoms with Gasteiger partial charge in [-0.3, -0.25) is 12.7 Å². The van der Waals surface area contributed by atoms with Gasteiger partial charge in [-0.25, -0.2) is 0 Å². The maximum atomic E-state index is 13.6. The predicted octanol–water partition coefficient (Wildman–Crippen LogP) is 1.21. The molecule has 0 radical (unpaired) electrons. The lowest BCUT2D eigenvalue weighted by Crippen LogP contribution is -2.54. The Labute approximate surface area is 125 Å². The molecule has 1 aliphatic rings. The molecule has 1 heterocycles. The van der Waals surface area contributed by atoms with Gasteiger partial charge in [0, 0.05) is 13.5 Å². The van der Waals surface area contributed by atoms with Gasteiger partial charge in [0.05, 0.1) is 28.9 Å². The number of nitrogens with zero attached hydrogens (tertiary/aromatic N) is 2. The zero-order valence-corrected chi connectivity index (χ0v) is 13.5. The van der Waals surface area contributed by atoms with Gasteiger partial charge in [0.15, 0.2) is 6.04 Å². The van der Waals surface area contributed by atoms with Crippen molar-refractivity contribution in [3.63, 3.8) is 0 Å². The molecule has 0 aliphatic carbocycles. The summed E-state index contributed by atoms with van der Waals surface area (Å²) in [7, 11) is 1.28. The average Bonchev–Trinajstić information content (AvgIpc) is 2.74. The fourth-order valence-corrected chi connectivity index (χ4v) is 3.16. The first kappa shape index (κ1) is 16.7. The first-order chi connectivity index (χ1) is 8.70. The van der Waals surface area contributed by atoms with Crippen LogP contribution in [0.4, 0.5) is 8.78 Å². The predicted molar refractivity (Wildman–Crippen MR) is 75.8 cm³/mol. The van der Waals surface area contributed by atoms with Crippen LogP contribution in [0.2, 0.25) is 0 Å². The lowest BCUT2D eigenvalue weighted by Gasteiger charge is -2.33. The van der Waals surface area contributed by atoms with Crippen LogP contribution in [0.15, 0.2) is 0 Å². The van der Waals surface area contributed by atoms with Crippen molar-refractivity contribution in [2.75, 3.05) is 6.54 Å². The van der Waals surface area contributed by atoms with Gasteiger partial charge in [0.1, 0.15) is 6.29 Å². The van der Waals surface area contributed by atoms with Gasteiger partial charge in [-0.2, -0.15) is 8.78 Å². The Hall–Kier alpha value is -0.370.